The van der Waals surface area contributed by atoms with E-state index in [0.717, 1.165) is 35.2 Å². The van der Waals surface area contributed by atoms with E-state index in [-0.39, 0.29) is 34.8 Å². The summed E-state index contributed by atoms with van der Waals surface area (Å²) in [6.07, 6.45) is 2.15. The van der Waals surface area contributed by atoms with Gasteiger partial charge in [0.15, 0.2) is 28.8 Å². The van der Waals surface area contributed by atoms with Gasteiger partial charge >= 0.3 is 0 Å². The molecule has 3 aliphatic rings. The molecule has 0 saturated carbocycles. The molecule has 0 aliphatic carbocycles. The fourth-order valence-electron chi connectivity index (χ4n) is 7.26. The van der Waals surface area contributed by atoms with E-state index in [1.165, 1.54) is 7.11 Å². The molecule has 7 rings (SSSR count). The first-order valence-electron chi connectivity index (χ1n) is 15.5. The number of methoxy groups -OCH3 is 3. The second kappa shape index (κ2) is 11.6. The molecular formula is C37H38N2O7. The van der Waals surface area contributed by atoms with Gasteiger partial charge in [-0.25, -0.2) is 0 Å². The molecule has 3 aliphatic heterocycles. The van der Waals surface area contributed by atoms with Crippen molar-refractivity contribution in [3.05, 3.63) is 88.0 Å². The van der Waals surface area contributed by atoms with E-state index in [1.807, 2.05) is 42.3 Å². The van der Waals surface area contributed by atoms with Gasteiger partial charge in [0.25, 0.3) is 0 Å². The lowest BCUT2D eigenvalue weighted by molar-refractivity contribution is 0.0834. The minimum atomic E-state index is -0.781. The number of aromatic hydroxyl groups is 2. The van der Waals surface area contributed by atoms with Crippen LogP contribution < -0.4 is 18.9 Å². The maximum Gasteiger partial charge on any atom is 0.201 e. The van der Waals surface area contributed by atoms with E-state index in [1.54, 1.807) is 38.5 Å². The summed E-state index contributed by atoms with van der Waals surface area (Å²) in [6, 6.07) is 16.0. The Morgan fingerprint density at radius 2 is 1.50 bits per heavy atom. The Bertz CT molecular complexity index is 1870. The summed E-state index contributed by atoms with van der Waals surface area (Å²) in [5, 5.41) is 22.7. The monoisotopic (exact) mass is 622 g/mol. The summed E-state index contributed by atoms with van der Waals surface area (Å²) in [5.41, 5.74) is 6.36. The summed E-state index contributed by atoms with van der Waals surface area (Å²) >= 11 is 0. The molecule has 0 aromatic heterocycles. The summed E-state index contributed by atoms with van der Waals surface area (Å²) in [7, 11) is 8.72. The van der Waals surface area contributed by atoms with Crippen molar-refractivity contribution >= 4 is 5.78 Å². The Labute approximate surface area is 268 Å². The first kappa shape index (κ1) is 30.0. The fraction of sp³-hybridized carbons (Fsp3) is 0.324. The fourth-order valence-corrected chi connectivity index (χ4v) is 7.26. The van der Waals surface area contributed by atoms with Crippen molar-refractivity contribution in [3.8, 4) is 51.4 Å². The number of carbonyl (C=O) groups is 1. The third kappa shape index (κ3) is 4.82. The third-order valence-corrected chi connectivity index (χ3v) is 9.79. The Morgan fingerprint density at radius 1 is 0.783 bits per heavy atom. The second-order valence-corrected chi connectivity index (χ2v) is 12.3. The highest BCUT2D eigenvalue weighted by Crippen LogP contribution is 2.51. The molecule has 0 unspecified atom stereocenters. The predicted octanol–water partition coefficient (Wildman–Crippen LogP) is 6.08. The molecule has 4 aromatic carbocycles. The van der Waals surface area contributed by atoms with Crippen LogP contribution in [0.2, 0.25) is 0 Å². The second-order valence-electron chi connectivity index (χ2n) is 12.3. The van der Waals surface area contributed by atoms with Gasteiger partial charge in [-0.1, -0.05) is 6.07 Å². The van der Waals surface area contributed by atoms with Crippen LogP contribution in [0.1, 0.15) is 50.3 Å². The smallest absolute Gasteiger partial charge is 0.201 e. The molecule has 2 atom stereocenters. The number of hydrogen-bond donors (Lipinski definition) is 2. The molecule has 9 nitrogen and oxygen atoms in total. The maximum atomic E-state index is 14.6. The van der Waals surface area contributed by atoms with Crippen LogP contribution in [0.15, 0.2) is 54.6 Å². The van der Waals surface area contributed by atoms with Gasteiger partial charge < -0.3 is 29.2 Å². The number of phenols is 2. The maximum absolute atomic E-state index is 14.6. The summed E-state index contributed by atoms with van der Waals surface area (Å²) in [6.45, 7) is 1.47. The molecule has 0 spiro atoms. The number of ether oxygens (including phenoxy) is 4. The van der Waals surface area contributed by atoms with Crippen LogP contribution >= 0.6 is 0 Å². The number of fused-ring (bicyclic) bond motifs is 6. The largest absolute Gasteiger partial charge is 0.507 e. The molecule has 0 amide bonds. The SMILES string of the molecule is COc1cc2c3cc1Oc1c(O)c(OC)cc4c1[C@@H](C(=O)c1ccc(O)c(c1)-c1cc(ccc1OC)C[C@H]3N(C)CC2)N(C)CC4. The molecule has 4 aromatic rings. The highest BCUT2D eigenvalue weighted by Gasteiger charge is 2.38. The summed E-state index contributed by atoms with van der Waals surface area (Å²) < 4.78 is 23.9. The molecule has 0 radical (unpaired) electrons. The van der Waals surface area contributed by atoms with Gasteiger partial charge in [0.1, 0.15) is 17.5 Å². The summed E-state index contributed by atoms with van der Waals surface area (Å²) in [4.78, 5) is 18.9. The van der Waals surface area contributed by atoms with E-state index >= 15 is 0 Å². The van der Waals surface area contributed by atoms with Gasteiger partial charge in [-0.15, -0.1) is 0 Å². The zero-order valence-corrected chi connectivity index (χ0v) is 26.7. The molecule has 0 fully saturated rings. The van der Waals surface area contributed by atoms with Crippen molar-refractivity contribution in [3.63, 3.8) is 0 Å². The van der Waals surface area contributed by atoms with Crippen LogP contribution in [-0.2, 0) is 19.3 Å². The third-order valence-electron chi connectivity index (χ3n) is 9.79. The number of rotatable bonds is 3. The number of ketones is 1. The minimum Gasteiger partial charge on any atom is -0.507 e. The average Bonchev–Trinajstić information content (AvgIpc) is 3.06. The number of Topliss-reactive ketones (excluding diaryl/α,β-unsaturated/α-hetero) is 1. The molecule has 238 valence electrons. The Kier molecular flexibility index (Phi) is 7.53. The lowest BCUT2D eigenvalue weighted by Crippen LogP contribution is -2.37. The van der Waals surface area contributed by atoms with Crippen molar-refractivity contribution in [1.82, 2.24) is 9.80 Å². The topological polar surface area (TPSA) is 101 Å². The number of carbonyl (C=O) groups excluding carboxylic acids is 1. The lowest BCUT2D eigenvalue weighted by Gasteiger charge is -2.36. The quantitative estimate of drug-likeness (QED) is 0.282. The number of benzene rings is 4. The van der Waals surface area contributed by atoms with Crippen LogP contribution in [0.4, 0.5) is 0 Å². The molecule has 6 bridgehead atoms. The number of nitrogens with zero attached hydrogens (tertiary/aromatic N) is 2. The Hall–Kier alpha value is -4.73. The standard InChI is InChI=1S/C37H38N2O7/c1-38-12-10-21-17-30(44-4)31-19-24(21)27(38)15-20-6-9-29(43-3)26(14-20)25-16-23(7-8-28(25)40)35(41)34-33-22(11-13-39(34)2)18-32(45-5)36(42)37(33)46-31/h6-9,14,16-19,27,34,40,42H,10-13,15H2,1-5H3/t27-,34+/m1/s1. The van der Waals surface area contributed by atoms with Crippen LogP contribution in [0.5, 0.6) is 40.2 Å². The van der Waals surface area contributed by atoms with Crippen molar-refractivity contribution in [2.75, 3.05) is 48.5 Å². The van der Waals surface area contributed by atoms with E-state index in [2.05, 4.69) is 11.9 Å². The van der Waals surface area contributed by atoms with Crippen molar-refractivity contribution in [1.29, 1.82) is 0 Å². The van der Waals surface area contributed by atoms with E-state index in [0.29, 0.717) is 58.9 Å². The van der Waals surface area contributed by atoms with Crippen LogP contribution in [0, 0.1) is 0 Å². The molecule has 3 heterocycles. The van der Waals surface area contributed by atoms with Crippen molar-refractivity contribution < 1.29 is 34.0 Å². The van der Waals surface area contributed by atoms with Gasteiger partial charge in [0.05, 0.1) is 21.3 Å². The Morgan fingerprint density at radius 3 is 2.26 bits per heavy atom. The zero-order valence-electron chi connectivity index (χ0n) is 26.7. The molecule has 46 heavy (non-hydrogen) atoms. The van der Waals surface area contributed by atoms with E-state index < -0.39 is 6.04 Å². The first-order valence-corrected chi connectivity index (χ1v) is 15.5. The minimum absolute atomic E-state index is 0.0133. The van der Waals surface area contributed by atoms with Crippen molar-refractivity contribution in [2.45, 2.75) is 31.3 Å². The van der Waals surface area contributed by atoms with Gasteiger partial charge in [0, 0.05) is 41.4 Å². The molecular weight excluding hydrogens is 584 g/mol. The Balaban J connectivity index is 1.54. The van der Waals surface area contributed by atoms with Gasteiger partial charge in [0.2, 0.25) is 5.75 Å². The molecule has 0 saturated heterocycles. The summed E-state index contributed by atoms with van der Waals surface area (Å²) in [5.74, 6) is 1.69. The normalized spacial score (nSPS) is 19.2. The van der Waals surface area contributed by atoms with E-state index in [9.17, 15) is 15.0 Å². The highest BCUT2D eigenvalue weighted by atomic mass is 16.5. The van der Waals surface area contributed by atoms with Crippen LogP contribution in [0.25, 0.3) is 11.1 Å². The number of phenolic OH excluding ortho intramolecular Hbond substituents is 2. The van der Waals surface area contributed by atoms with E-state index in [4.69, 9.17) is 18.9 Å². The zero-order chi connectivity index (χ0) is 32.3. The molecule has 2 N–H and O–H groups in total. The van der Waals surface area contributed by atoms with Gasteiger partial charge in [-0.05, 0) is 104 Å². The van der Waals surface area contributed by atoms with Crippen molar-refractivity contribution in [2.24, 2.45) is 0 Å². The number of likely N-dealkylation sites (N-methyl/N-ethyl adjacent to an activating group) is 2. The van der Waals surface area contributed by atoms with Crippen LogP contribution in [-0.4, -0.2) is 74.3 Å². The highest BCUT2D eigenvalue weighted by molar-refractivity contribution is 6.03. The predicted molar refractivity (Wildman–Crippen MR) is 174 cm³/mol. The average molecular weight is 623 g/mol. The van der Waals surface area contributed by atoms with Gasteiger partial charge in [-0.2, -0.15) is 0 Å². The first-order chi connectivity index (χ1) is 22.2. The lowest BCUT2D eigenvalue weighted by atomic mass is 9.85. The van der Waals surface area contributed by atoms with Crippen LogP contribution in [0.3, 0.4) is 0 Å². The number of hydrogen-bond acceptors (Lipinski definition) is 9. The van der Waals surface area contributed by atoms with Gasteiger partial charge in [-0.3, -0.25) is 14.6 Å². The molecule has 9 heteroatoms.